The van der Waals surface area contributed by atoms with Crippen LogP contribution in [0.1, 0.15) is 28.4 Å². The van der Waals surface area contributed by atoms with Gasteiger partial charge >= 0.3 is 0 Å². The first kappa shape index (κ1) is 15.0. The topological polar surface area (TPSA) is 72.9 Å². The Kier molecular flexibility index (Phi) is 4.23. The van der Waals surface area contributed by atoms with Crippen molar-refractivity contribution in [2.24, 2.45) is 0 Å². The second kappa shape index (κ2) is 6.48. The van der Waals surface area contributed by atoms with Gasteiger partial charge in [0.15, 0.2) is 0 Å². The fourth-order valence-corrected chi connectivity index (χ4v) is 2.77. The van der Waals surface area contributed by atoms with Crippen LogP contribution in [0.4, 0.5) is 5.82 Å². The molecular weight excluding hydrogens is 288 g/mol. The summed E-state index contributed by atoms with van der Waals surface area (Å²) in [7, 11) is 0. The smallest absolute Gasteiger partial charge is 0.146 e. The number of aryl methyl sites for hydroxylation is 1. The molecule has 3 rings (SSSR count). The Hall–Kier alpha value is -2.89. The van der Waals surface area contributed by atoms with Gasteiger partial charge in [-0.1, -0.05) is 12.1 Å². The highest BCUT2D eigenvalue weighted by Crippen LogP contribution is 2.28. The van der Waals surface area contributed by atoms with Crippen molar-refractivity contribution >= 4 is 5.82 Å². The highest BCUT2D eigenvalue weighted by atomic mass is 16.5. The summed E-state index contributed by atoms with van der Waals surface area (Å²) in [5.41, 5.74) is 3.13. The van der Waals surface area contributed by atoms with Crippen molar-refractivity contribution < 1.29 is 4.74 Å². The van der Waals surface area contributed by atoms with E-state index in [0.29, 0.717) is 36.6 Å². The normalized spacial score (nSPS) is 17.3. The van der Waals surface area contributed by atoms with Crippen molar-refractivity contribution in [2.45, 2.75) is 13.0 Å². The van der Waals surface area contributed by atoms with Crippen molar-refractivity contribution in [3.05, 3.63) is 58.8 Å². The lowest BCUT2D eigenvalue weighted by Crippen LogP contribution is -2.39. The fraction of sp³-hybridized carbons (Fsp3) is 0.278. The Morgan fingerprint density at radius 2 is 2.13 bits per heavy atom. The number of anilines is 1. The standard InChI is InChI=1S/C18H16N4O/c1-13-5-6-21-18(16(13)11-20)22-7-8-23-17(12-22)15-4-2-3-14(9-15)10-19/h2-6,9,17H,7-8,12H2,1H3. The van der Waals surface area contributed by atoms with Gasteiger partial charge in [0.2, 0.25) is 0 Å². The number of nitriles is 2. The van der Waals surface area contributed by atoms with E-state index >= 15 is 0 Å². The molecule has 23 heavy (non-hydrogen) atoms. The number of hydrogen-bond donors (Lipinski definition) is 0. The van der Waals surface area contributed by atoms with E-state index in [9.17, 15) is 5.26 Å². The van der Waals surface area contributed by atoms with Crippen molar-refractivity contribution in [3.8, 4) is 12.1 Å². The Balaban J connectivity index is 1.88. The number of benzene rings is 1. The molecule has 114 valence electrons. The summed E-state index contributed by atoms with van der Waals surface area (Å²) >= 11 is 0. The molecule has 0 spiro atoms. The molecular formula is C18H16N4O. The highest BCUT2D eigenvalue weighted by molar-refractivity contribution is 5.57. The first-order valence-corrected chi connectivity index (χ1v) is 7.45. The molecule has 0 saturated carbocycles. The quantitative estimate of drug-likeness (QED) is 0.853. The number of rotatable bonds is 2. The van der Waals surface area contributed by atoms with Gasteiger partial charge < -0.3 is 9.64 Å². The summed E-state index contributed by atoms with van der Waals surface area (Å²) < 4.78 is 5.86. The minimum atomic E-state index is -0.133. The summed E-state index contributed by atoms with van der Waals surface area (Å²) in [6, 6.07) is 13.7. The molecule has 1 saturated heterocycles. The molecule has 0 radical (unpaired) electrons. The van der Waals surface area contributed by atoms with Crippen molar-refractivity contribution in [1.82, 2.24) is 4.98 Å². The molecule has 1 unspecified atom stereocenters. The monoisotopic (exact) mass is 304 g/mol. The molecule has 2 heterocycles. The third-order valence-corrected chi connectivity index (χ3v) is 4.00. The molecule has 2 aromatic rings. The molecule has 0 aliphatic carbocycles. The van der Waals surface area contributed by atoms with Crippen molar-refractivity contribution in [2.75, 3.05) is 24.6 Å². The highest BCUT2D eigenvalue weighted by Gasteiger charge is 2.25. The maximum Gasteiger partial charge on any atom is 0.146 e. The van der Waals surface area contributed by atoms with Crippen LogP contribution in [0, 0.1) is 29.6 Å². The third-order valence-electron chi connectivity index (χ3n) is 4.00. The summed E-state index contributed by atoms with van der Waals surface area (Å²) in [5.74, 6) is 0.706. The lowest BCUT2D eigenvalue weighted by atomic mass is 10.0. The van der Waals surface area contributed by atoms with Crippen LogP contribution in [0.2, 0.25) is 0 Å². The van der Waals surface area contributed by atoms with Crippen LogP contribution >= 0.6 is 0 Å². The zero-order chi connectivity index (χ0) is 16.2. The van der Waals surface area contributed by atoms with E-state index in [4.69, 9.17) is 10.00 Å². The van der Waals surface area contributed by atoms with Crippen LogP contribution in [-0.2, 0) is 4.74 Å². The van der Waals surface area contributed by atoms with Crippen LogP contribution in [0.15, 0.2) is 36.5 Å². The third kappa shape index (κ3) is 3.01. The van der Waals surface area contributed by atoms with E-state index in [1.54, 1.807) is 12.3 Å². The minimum Gasteiger partial charge on any atom is -0.370 e. The Bertz CT molecular complexity index is 803. The number of morpholine rings is 1. The van der Waals surface area contributed by atoms with Gasteiger partial charge in [-0.15, -0.1) is 0 Å². The lowest BCUT2D eigenvalue weighted by molar-refractivity contribution is 0.0395. The van der Waals surface area contributed by atoms with E-state index in [0.717, 1.165) is 11.1 Å². The van der Waals surface area contributed by atoms with E-state index in [1.165, 1.54) is 0 Å². The van der Waals surface area contributed by atoms with E-state index in [1.807, 2.05) is 31.2 Å². The van der Waals surface area contributed by atoms with Crippen LogP contribution in [0.5, 0.6) is 0 Å². The van der Waals surface area contributed by atoms with Gasteiger partial charge in [-0.25, -0.2) is 4.98 Å². The average Bonchev–Trinajstić information content (AvgIpc) is 2.61. The lowest BCUT2D eigenvalue weighted by Gasteiger charge is -2.34. The van der Waals surface area contributed by atoms with Gasteiger partial charge in [-0.2, -0.15) is 10.5 Å². The van der Waals surface area contributed by atoms with Gasteiger partial charge in [0.05, 0.1) is 23.8 Å². The van der Waals surface area contributed by atoms with E-state index in [-0.39, 0.29) is 6.10 Å². The number of ether oxygens (including phenoxy) is 1. The summed E-state index contributed by atoms with van der Waals surface area (Å²) in [5, 5.41) is 18.4. The van der Waals surface area contributed by atoms with Crippen LogP contribution in [-0.4, -0.2) is 24.7 Å². The SMILES string of the molecule is Cc1ccnc(N2CCOC(c3cccc(C#N)c3)C2)c1C#N. The van der Waals surface area contributed by atoms with Gasteiger partial charge in [0.1, 0.15) is 18.0 Å². The van der Waals surface area contributed by atoms with E-state index in [2.05, 4.69) is 22.0 Å². The number of hydrogen-bond acceptors (Lipinski definition) is 5. The van der Waals surface area contributed by atoms with Gasteiger partial charge in [-0.3, -0.25) is 0 Å². The predicted octanol–water partition coefficient (Wildman–Crippen LogP) is 2.71. The molecule has 5 heteroatoms. The summed E-state index contributed by atoms with van der Waals surface area (Å²) in [6.45, 7) is 3.78. The first-order chi connectivity index (χ1) is 11.2. The predicted molar refractivity (Wildman–Crippen MR) is 85.8 cm³/mol. The Labute approximate surface area is 135 Å². The molecule has 1 aliphatic heterocycles. The average molecular weight is 304 g/mol. The maximum atomic E-state index is 9.40. The van der Waals surface area contributed by atoms with Crippen molar-refractivity contribution in [3.63, 3.8) is 0 Å². The number of nitrogens with zero attached hydrogens (tertiary/aromatic N) is 4. The zero-order valence-electron chi connectivity index (χ0n) is 12.9. The fourth-order valence-electron chi connectivity index (χ4n) is 2.77. The molecule has 1 atom stereocenters. The zero-order valence-corrected chi connectivity index (χ0v) is 12.9. The molecule has 1 aromatic heterocycles. The molecule has 5 nitrogen and oxygen atoms in total. The second-order valence-electron chi connectivity index (χ2n) is 5.48. The van der Waals surface area contributed by atoms with Gasteiger partial charge in [0, 0.05) is 19.3 Å². The molecule has 0 N–H and O–H groups in total. The Morgan fingerprint density at radius 1 is 1.26 bits per heavy atom. The maximum absolute atomic E-state index is 9.40. The Morgan fingerprint density at radius 3 is 2.91 bits per heavy atom. The van der Waals surface area contributed by atoms with Crippen LogP contribution in [0.3, 0.4) is 0 Å². The first-order valence-electron chi connectivity index (χ1n) is 7.45. The largest absolute Gasteiger partial charge is 0.370 e. The molecule has 1 aliphatic rings. The van der Waals surface area contributed by atoms with Gasteiger partial charge in [-0.05, 0) is 36.2 Å². The van der Waals surface area contributed by atoms with Crippen LogP contribution < -0.4 is 4.90 Å². The minimum absolute atomic E-state index is 0.133. The van der Waals surface area contributed by atoms with E-state index < -0.39 is 0 Å². The van der Waals surface area contributed by atoms with Crippen molar-refractivity contribution in [1.29, 1.82) is 10.5 Å². The second-order valence-corrected chi connectivity index (χ2v) is 5.48. The summed E-state index contributed by atoms with van der Waals surface area (Å²) in [4.78, 5) is 6.47. The number of aromatic nitrogens is 1. The van der Waals surface area contributed by atoms with Gasteiger partial charge in [0.25, 0.3) is 0 Å². The molecule has 1 aromatic carbocycles. The molecule has 0 amide bonds. The van der Waals surface area contributed by atoms with Crippen LogP contribution in [0.25, 0.3) is 0 Å². The molecule has 1 fully saturated rings. The number of pyridine rings is 1. The molecule has 0 bridgehead atoms. The summed E-state index contributed by atoms with van der Waals surface area (Å²) in [6.07, 6.45) is 1.60.